The molecule has 4 nitrogen and oxygen atoms in total. The van der Waals surface area contributed by atoms with E-state index in [4.69, 9.17) is 5.73 Å². The Balaban J connectivity index is 1.54. The molecule has 2 unspecified atom stereocenters. The lowest BCUT2D eigenvalue weighted by atomic mass is 10.1. The summed E-state index contributed by atoms with van der Waals surface area (Å²) in [5, 5.41) is 2.97. The molecule has 1 aromatic rings. The van der Waals surface area contributed by atoms with E-state index in [1.165, 1.54) is 31.5 Å². The zero-order valence-electron chi connectivity index (χ0n) is 12.3. The van der Waals surface area contributed by atoms with Crippen LogP contribution in [0.1, 0.15) is 24.8 Å². The minimum atomic E-state index is -0.0933. The van der Waals surface area contributed by atoms with Gasteiger partial charge in [-0.1, -0.05) is 24.3 Å². The number of amides is 1. The van der Waals surface area contributed by atoms with E-state index in [0.29, 0.717) is 6.42 Å². The average molecular weight is 285 g/mol. The van der Waals surface area contributed by atoms with Gasteiger partial charge in [-0.25, -0.2) is 0 Å². The Labute approximate surface area is 126 Å². The van der Waals surface area contributed by atoms with Gasteiger partial charge < -0.3 is 11.1 Å². The maximum absolute atomic E-state index is 12.1. The lowest BCUT2D eigenvalue weighted by molar-refractivity contribution is -0.118. The molecule has 2 aliphatic rings. The first-order valence-corrected chi connectivity index (χ1v) is 7.77. The minimum absolute atomic E-state index is 0.0172. The number of carbonyl (C=O) groups is 1. The Morgan fingerprint density at radius 3 is 2.52 bits per heavy atom. The molecule has 1 amide bonds. The molecule has 4 heteroatoms. The molecular weight excluding hydrogens is 262 g/mol. The summed E-state index contributed by atoms with van der Waals surface area (Å²) in [6.07, 6.45) is 7.14. The molecule has 0 saturated carbocycles. The van der Waals surface area contributed by atoms with Crippen LogP contribution in [-0.4, -0.2) is 29.9 Å². The van der Waals surface area contributed by atoms with Gasteiger partial charge in [0.25, 0.3) is 0 Å². The summed E-state index contributed by atoms with van der Waals surface area (Å²) in [6.45, 7) is 3.41. The number of hydrogen-bond acceptors (Lipinski definition) is 3. The van der Waals surface area contributed by atoms with Crippen LogP contribution < -0.4 is 11.1 Å². The Hall–Kier alpha value is -1.65. The quantitative estimate of drug-likeness (QED) is 0.833. The molecule has 1 fully saturated rings. The first-order chi connectivity index (χ1) is 10.2. The summed E-state index contributed by atoms with van der Waals surface area (Å²) in [4.78, 5) is 14.6. The molecule has 1 saturated heterocycles. The number of likely N-dealkylation sites (tertiary alicyclic amines) is 1. The van der Waals surface area contributed by atoms with Gasteiger partial charge in [0.15, 0.2) is 0 Å². The number of rotatable bonds is 4. The molecule has 0 radical (unpaired) electrons. The Bertz CT molecular complexity index is 517. The van der Waals surface area contributed by atoms with Crippen molar-refractivity contribution in [3.05, 3.63) is 42.0 Å². The van der Waals surface area contributed by atoms with Gasteiger partial charge in [-0.3, -0.25) is 9.69 Å². The van der Waals surface area contributed by atoms with Crippen molar-refractivity contribution in [3.8, 4) is 0 Å². The first kappa shape index (κ1) is 14.3. The zero-order valence-corrected chi connectivity index (χ0v) is 12.3. The Morgan fingerprint density at radius 1 is 1.19 bits per heavy atom. The molecule has 1 aromatic carbocycles. The molecule has 3 rings (SSSR count). The van der Waals surface area contributed by atoms with Crippen LogP contribution in [0.3, 0.4) is 0 Å². The van der Waals surface area contributed by atoms with Gasteiger partial charge >= 0.3 is 0 Å². The Morgan fingerprint density at radius 2 is 1.90 bits per heavy atom. The molecule has 0 aromatic heterocycles. The third-order valence-electron chi connectivity index (χ3n) is 4.28. The molecule has 3 N–H and O–H groups in total. The predicted octanol–water partition coefficient (Wildman–Crippen LogP) is 2.12. The van der Waals surface area contributed by atoms with Gasteiger partial charge in [-0.2, -0.15) is 0 Å². The van der Waals surface area contributed by atoms with Crippen LogP contribution in [0, 0.1) is 5.92 Å². The van der Waals surface area contributed by atoms with Crippen LogP contribution in [0.25, 0.3) is 0 Å². The number of carbonyl (C=O) groups excluding carboxylic acids is 1. The summed E-state index contributed by atoms with van der Waals surface area (Å²) >= 11 is 0. The third-order valence-corrected chi connectivity index (χ3v) is 4.28. The van der Waals surface area contributed by atoms with E-state index in [9.17, 15) is 4.79 Å². The van der Waals surface area contributed by atoms with Crippen LogP contribution in [-0.2, 0) is 11.3 Å². The van der Waals surface area contributed by atoms with Crippen molar-refractivity contribution >= 4 is 11.6 Å². The van der Waals surface area contributed by atoms with Crippen molar-refractivity contribution in [2.75, 3.05) is 18.4 Å². The number of benzene rings is 1. The van der Waals surface area contributed by atoms with E-state index in [1.807, 2.05) is 24.3 Å². The molecule has 1 heterocycles. The van der Waals surface area contributed by atoms with Gasteiger partial charge in [0.05, 0.1) is 5.92 Å². The van der Waals surface area contributed by atoms with E-state index in [0.717, 1.165) is 12.2 Å². The smallest absolute Gasteiger partial charge is 0.231 e. The highest BCUT2D eigenvalue weighted by Crippen LogP contribution is 2.20. The van der Waals surface area contributed by atoms with Crippen LogP contribution in [0.4, 0.5) is 5.69 Å². The van der Waals surface area contributed by atoms with Crippen LogP contribution >= 0.6 is 0 Å². The maximum atomic E-state index is 12.1. The maximum Gasteiger partial charge on any atom is 0.231 e. The van der Waals surface area contributed by atoms with Crippen LogP contribution in [0.5, 0.6) is 0 Å². The number of anilines is 1. The fourth-order valence-electron chi connectivity index (χ4n) is 3.05. The molecule has 0 spiro atoms. The second kappa shape index (κ2) is 6.41. The largest absolute Gasteiger partial charge is 0.326 e. The topological polar surface area (TPSA) is 58.4 Å². The number of nitrogens with zero attached hydrogens (tertiary/aromatic N) is 1. The highest BCUT2D eigenvalue weighted by atomic mass is 16.1. The molecule has 2 atom stereocenters. The monoisotopic (exact) mass is 285 g/mol. The van der Waals surface area contributed by atoms with E-state index in [-0.39, 0.29) is 17.9 Å². The van der Waals surface area contributed by atoms with Gasteiger partial charge in [0.1, 0.15) is 0 Å². The van der Waals surface area contributed by atoms with E-state index >= 15 is 0 Å². The fourth-order valence-corrected chi connectivity index (χ4v) is 3.05. The summed E-state index contributed by atoms with van der Waals surface area (Å²) in [5.41, 5.74) is 7.95. The fraction of sp³-hybridized carbons (Fsp3) is 0.471. The number of nitrogens with two attached hydrogens (primary N) is 1. The zero-order chi connectivity index (χ0) is 14.7. The lowest BCUT2D eigenvalue weighted by Gasteiger charge is -2.15. The SMILES string of the molecule is NC1C=CC(C(=O)Nc2ccc(CN3CCCC3)cc2)C1. The average Bonchev–Trinajstić information content (AvgIpc) is 3.12. The normalized spacial score (nSPS) is 25.4. The van der Waals surface area contributed by atoms with Gasteiger partial charge in [-0.05, 0) is 50.0 Å². The van der Waals surface area contributed by atoms with Crippen LogP contribution in [0.15, 0.2) is 36.4 Å². The minimum Gasteiger partial charge on any atom is -0.326 e. The van der Waals surface area contributed by atoms with Crippen molar-refractivity contribution in [1.82, 2.24) is 4.90 Å². The highest BCUT2D eigenvalue weighted by Gasteiger charge is 2.22. The first-order valence-electron chi connectivity index (χ1n) is 7.77. The molecule has 1 aliphatic carbocycles. The summed E-state index contributed by atoms with van der Waals surface area (Å²) in [5.74, 6) is -0.0595. The van der Waals surface area contributed by atoms with Gasteiger partial charge in [0, 0.05) is 18.3 Å². The predicted molar refractivity (Wildman–Crippen MR) is 84.8 cm³/mol. The Kier molecular flexibility index (Phi) is 4.36. The summed E-state index contributed by atoms with van der Waals surface area (Å²) in [7, 11) is 0. The lowest BCUT2D eigenvalue weighted by Crippen LogP contribution is -2.24. The molecule has 1 aliphatic heterocycles. The number of nitrogens with one attached hydrogen (secondary N) is 1. The van der Waals surface area contributed by atoms with E-state index < -0.39 is 0 Å². The van der Waals surface area contributed by atoms with Crippen LogP contribution in [0.2, 0.25) is 0 Å². The molecule has 21 heavy (non-hydrogen) atoms. The van der Waals surface area contributed by atoms with Gasteiger partial charge in [-0.15, -0.1) is 0 Å². The van der Waals surface area contributed by atoms with Crippen molar-refractivity contribution in [3.63, 3.8) is 0 Å². The second-order valence-corrected chi connectivity index (χ2v) is 6.06. The molecule has 112 valence electrons. The van der Waals surface area contributed by atoms with E-state index in [1.54, 1.807) is 0 Å². The van der Waals surface area contributed by atoms with Crippen molar-refractivity contribution in [2.45, 2.75) is 31.8 Å². The molecule has 0 bridgehead atoms. The van der Waals surface area contributed by atoms with E-state index in [2.05, 4.69) is 22.3 Å². The molecular formula is C17H23N3O. The second-order valence-electron chi connectivity index (χ2n) is 6.06. The number of hydrogen-bond donors (Lipinski definition) is 2. The van der Waals surface area contributed by atoms with Crippen molar-refractivity contribution < 1.29 is 4.79 Å². The third kappa shape index (κ3) is 3.71. The summed E-state index contributed by atoms with van der Waals surface area (Å²) < 4.78 is 0. The standard InChI is InChI=1S/C17H23N3O/c18-15-6-5-14(11-15)17(21)19-16-7-3-13(4-8-16)12-20-9-1-2-10-20/h3-8,14-15H,1-2,9-12,18H2,(H,19,21). The van der Waals surface area contributed by atoms with Gasteiger partial charge in [0.2, 0.25) is 5.91 Å². The van der Waals surface area contributed by atoms with Crippen molar-refractivity contribution in [1.29, 1.82) is 0 Å². The van der Waals surface area contributed by atoms with Crippen molar-refractivity contribution in [2.24, 2.45) is 11.7 Å². The highest BCUT2D eigenvalue weighted by molar-refractivity contribution is 5.94. The summed E-state index contributed by atoms with van der Waals surface area (Å²) in [6, 6.07) is 8.20.